The van der Waals surface area contributed by atoms with Gasteiger partial charge in [0.2, 0.25) is 0 Å². The third-order valence-corrected chi connectivity index (χ3v) is 5.11. The summed E-state index contributed by atoms with van der Waals surface area (Å²) < 4.78 is 9.72. The van der Waals surface area contributed by atoms with Gasteiger partial charge in [0.05, 0.1) is 13.7 Å². The molecule has 1 unspecified atom stereocenters. The number of carbonyl (C=O) groups excluding carboxylic acids is 3. The number of oxazole rings is 1. The second-order valence-corrected chi connectivity index (χ2v) is 7.43. The molecule has 0 aliphatic carbocycles. The number of nitrogens with one attached hydrogen (secondary N) is 1. The second kappa shape index (κ2) is 8.53. The van der Waals surface area contributed by atoms with Crippen LogP contribution in [-0.2, 0) is 11.3 Å². The number of aromatic nitrogens is 1. The Morgan fingerprint density at radius 2 is 2.07 bits per heavy atom. The lowest BCUT2D eigenvalue weighted by Crippen LogP contribution is -2.64. The van der Waals surface area contributed by atoms with Crippen LogP contribution in [0.25, 0.3) is 0 Å². The zero-order valence-electron chi connectivity index (χ0n) is 15.0. The van der Waals surface area contributed by atoms with Gasteiger partial charge in [0.15, 0.2) is 11.2 Å². The van der Waals surface area contributed by atoms with E-state index in [-0.39, 0.29) is 18.3 Å². The van der Waals surface area contributed by atoms with Gasteiger partial charge in [-0.05, 0) is 23.4 Å². The van der Waals surface area contributed by atoms with Crippen molar-refractivity contribution in [1.82, 2.24) is 15.2 Å². The number of benzene rings is 1. The number of halogens is 1. The van der Waals surface area contributed by atoms with E-state index in [4.69, 9.17) is 16.0 Å². The van der Waals surface area contributed by atoms with Crippen LogP contribution < -0.4 is 10.2 Å². The molecule has 11 heteroatoms. The summed E-state index contributed by atoms with van der Waals surface area (Å²) in [5, 5.41) is 3.33. The van der Waals surface area contributed by atoms with Crippen molar-refractivity contribution in [3.05, 3.63) is 46.8 Å². The van der Waals surface area contributed by atoms with Crippen molar-refractivity contribution in [3.8, 4) is 0 Å². The fraction of sp³-hybridized carbons (Fsp3) is 0.294. The Bertz CT molecular complexity index is 888. The number of nitrogens with zero attached hydrogens (tertiary/aromatic N) is 3. The van der Waals surface area contributed by atoms with Gasteiger partial charge in [-0.25, -0.2) is 14.4 Å². The number of urea groups is 2. The predicted octanol–water partition coefficient (Wildman–Crippen LogP) is 3.30. The average molecular weight is 425 g/mol. The third kappa shape index (κ3) is 4.07. The Labute approximate surface area is 170 Å². The topological polar surface area (TPSA) is 105 Å². The Balaban J connectivity index is 1.89. The van der Waals surface area contributed by atoms with E-state index in [9.17, 15) is 14.4 Å². The number of hydrogen-bond acceptors (Lipinski definition) is 7. The molecule has 1 atom stereocenters. The molecule has 1 aliphatic rings. The van der Waals surface area contributed by atoms with Crippen LogP contribution in [0.4, 0.5) is 15.6 Å². The summed E-state index contributed by atoms with van der Waals surface area (Å²) in [7, 11) is 1.19. The van der Waals surface area contributed by atoms with E-state index in [1.165, 1.54) is 23.8 Å². The van der Waals surface area contributed by atoms with Crippen LogP contribution in [-0.4, -0.2) is 46.3 Å². The number of carbonyl (C=O) groups is 3. The highest BCUT2D eigenvalue weighted by Gasteiger charge is 2.41. The highest BCUT2D eigenvalue weighted by Crippen LogP contribution is 2.26. The molecule has 1 fully saturated rings. The third-order valence-electron chi connectivity index (χ3n) is 3.84. The minimum absolute atomic E-state index is 0.146. The maximum atomic E-state index is 13.1. The summed E-state index contributed by atoms with van der Waals surface area (Å²) in [4.78, 5) is 43.2. The molecule has 2 heterocycles. The lowest BCUT2D eigenvalue weighted by molar-refractivity contribution is 0.0594. The van der Waals surface area contributed by atoms with Gasteiger partial charge in [0.25, 0.3) is 0 Å². The largest absolute Gasteiger partial charge is 0.464 e. The number of ether oxygens (including phenoxy) is 1. The van der Waals surface area contributed by atoms with Gasteiger partial charge < -0.3 is 14.5 Å². The fourth-order valence-corrected chi connectivity index (χ4v) is 3.49. The molecule has 2 aromatic rings. The summed E-state index contributed by atoms with van der Waals surface area (Å²) in [5.74, 6) is -0.0572. The van der Waals surface area contributed by atoms with Crippen molar-refractivity contribution in [2.75, 3.05) is 17.8 Å². The van der Waals surface area contributed by atoms with Crippen molar-refractivity contribution in [3.63, 3.8) is 0 Å². The molecule has 1 aliphatic heterocycles. The van der Waals surface area contributed by atoms with Gasteiger partial charge in [0, 0.05) is 5.02 Å². The first-order valence-corrected chi connectivity index (χ1v) is 9.68. The number of esters is 1. The van der Waals surface area contributed by atoms with Gasteiger partial charge in [-0.3, -0.25) is 4.90 Å². The zero-order valence-corrected chi connectivity index (χ0v) is 16.6. The van der Waals surface area contributed by atoms with E-state index in [0.717, 1.165) is 16.7 Å². The first-order valence-electron chi connectivity index (χ1n) is 8.25. The number of hydrogen-bond donors (Lipinski definition) is 1. The molecule has 0 bridgehead atoms. The summed E-state index contributed by atoms with van der Waals surface area (Å²) >= 11 is 7.31. The van der Waals surface area contributed by atoms with E-state index in [2.05, 4.69) is 15.0 Å². The van der Waals surface area contributed by atoms with Gasteiger partial charge in [-0.2, -0.15) is 9.88 Å². The van der Waals surface area contributed by atoms with Gasteiger partial charge in [0.1, 0.15) is 6.26 Å². The van der Waals surface area contributed by atoms with Gasteiger partial charge in [-0.15, -0.1) is 11.8 Å². The predicted molar refractivity (Wildman–Crippen MR) is 103 cm³/mol. The van der Waals surface area contributed by atoms with Crippen molar-refractivity contribution in [2.45, 2.75) is 19.0 Å². The molecule has 4 amide bonds. The van der Waals surface area contributed by atoms with Crippen molar-refractivity contribution < 1.29 is 23.5 Å². The smallest absolute Gasteiger partial charge is 0.360 e. The van der Waals surface area contributed by atoms with Gasteiger partial charge in [-0.1, -0.05) is 30.7 Å². The van der Waals surface area contributed by atoms with E-state index in [0.29, 0.717) is 10.8 Å². The zero-order chi connectivity index (χ0) is 20.3. The number of rotatable bonds is 6. The summed E-state index contributed by atoms with van der Waals surface area (Å²) in [6, 6.07) is 5.41. The Hall–Kier alpha value is -2.72. The number of anilines is 1. The van der Waals surface area contributed by atoms with Crippen LogP contribution in [0.1, 0.15) is 23.0 Å². The summed E-state index contributed by atoms with van der Waals surface area (Å²) in [6.45, 7) is 2.15. The molecule has 9 nitrogen and oxygen atoms in total. The summed E-state index contributed by atoms with van der Waals surface area (Å²) in [5.41, 5.74) is 0.123. The highest BCUT2D eigenvalue weighted by atomic mass is 35.5. The molecule has 1 N–H and O–H groups in total. The van der Waals surface area contributed by atoms with Crippen LogP contribution in [0.5, 0.6) is 0 Å². The van der Waals surface area contributed by atoms with E-state index in [1.807, 2.05) is 6.92 Å². The molecule has 3 rings (SSSR count). The molecule has 1 saturated heterocycles. The normalized spacial score (nSPS) is 16.9. The molecule has 1 aromatic carbocycles. The number of amides is 4. The maximum absolute atomic E-state index is 13.1. The molecule has 1 aromatic heterocycles. The number of methoxy groups -OCH3 is 1. The molecule has 0 radical (unpaired) electrons. The van der Waals surface area contributed by atoms with E-state index >= 15 is 0 Å². The molecular weight excluding hydrogens is 408 g/mol. The molecule has 148 valence electrons. The van der Waals surface area contributed by atoms with Crippen LogP contribution in [0.3, 0.4) is 0 Å². The fourth-order valence-electron chi connectivity index (χ4n) is 2.52. The van der Waals surface area contributed by atoms with Crippen molar-refractivity contribution in [2.24, 2.45) is 0 Å². The van der Waals surface area contributed by atoms with Crippen molar-refractivity contribution in [1.29, 1.82) is 0 Å². The lowest BCUT2D eigenvalue weighted by Gasteiger charge is -2.39. The van der Waals surface area contributed by atoms with Crippen LogP contribution in [0, 0.1) is 0 Å². The maximum Gasteiger partial charge on any atom is 0.360 e. The first kappa shape index (κ1) is 20.0. The van der Waals surface area contributed by atoms with Crippen LogP contribution >= 0.6 is 23.4 Å². The Morgan fingerprint density at radius 3 is 2.71 bits per heavy atom. The minimum Gasteiger partial charge on any atom is -0.464 e. The monoisotopic (exact) mass is 424 g/mol. The van der Waals surface area contributed by atoms with E-state index < -0.39 is 23.5 Å². The molecular formula is C17H17ClN4O5S. The second-order valence-electron chi connectivity index (χ2n) is 5.64. The lowest BCUT2D eigenvalue weighted by atomic mass is 10.2. The highest BCUT2D eigenvalue weighted by molar-refractivity contribution is 7.99. The number of thioether (sulfide) groups is 1. The first-order chi connectivity index (χ1) is 13.4. The minimum atomic E-state index is -0.739. The summed E-state index contributed by atoms with van der Waals surface area (Å²) in [6.07, 6.45) is 1.03. The molecule has 0 saturated carbocycles. The quantitative estimate of drug-likeness (QED) is 0.709. The standard InChI is InChI=1S/C17H17ClN4O5S/c1-3-28-16-20-14(24)22(15-19-12(9-27-15)13(23)26-2)17(25)21(16)8-10-4-6-11(18)7-5-10/h4-7,9,16H,3,8H2,1-2H3,(H,20,24). The Kier molecular flexibility index (Phi) is 6.10. The molecule has 0 spiro atoms. The van der Waals surface area contributed by atoms with Gasteiger partial charge >= 0.3 is 24.0 Å². The van der Waals surface area contributed by atoms with Crippen molar-refractivity contribution >= 4 is 47.4 Å². The van der Waals surface area contributed by atoms with E-state index in [1.54, 1.807) is 24.3 Å². The molecule has 28 heavy (non-hydrogen) atoms. The SMILES string of the molecule is CCSC1NC(=O)N(c2nc(C(=O)OC)co2)C(=O)N1Cc1ccc(Cl)cc1. The average Bonchev–Trinajstić information content (AvgIpc) is 3.15. The van der Waals surface area contributed by atoms with Crippen LogP contribution in [0.2, 0.25) is 5.02 Å². The number of imide groups is 1. The van der Waals surface area contributed by atoms with Crippen LogP contribution in [0.15, 0.2) is 34.9 Å². The Morgan fingerprint density at radius 1 is 1.36 bits per heavy atom.